The van der Waals surface area contributed by atoms with Gasteiger partial charge in [-0.1, -0.05) is 33.1 Å². The predicted octanol–water partition coefficient (Wildman–Crippen LogP) is 5.67. The van der Waals surface area contributed by atoms with Gasteiger partial charge in [0.05, 0.1) is 0 Å². The third-order valence-corrected chi connectivity index (χ3v) is 8.26. The lowest BCUT2D eigenvalue weighted by Gasteiger charge is -2.58. The summed E-state index contributed by atoms with van der Waals surface area (Å²) in [6, 6.07) is 0. The summed E-state index contributed by atoms with van der Waals surface area (Å²) in [5.41, 5.74) is 0.748. The van der Waals surface area contributed by atoms with Gasteiger partial charge in [0.15, 0.2) is 0 Å². The SMILES string of the molecule is C[C@@H]1CC[C@@H]2[C@H]1CC[C@H]1[C@H]2CC[C@@H]2CCCC[C@@]21C. The Morgan fingerprint density at radius 1 is 0.737 bits per heavy atom. The van der Waals surface area contributed by atoms with Gasteiger partial charge in [0.25, 0.3) is 0 Å². The summed E-state index contributed by atoms with van der Waals surface area (Å²) in [7, 11) is 0. The quantitative estimate of drug-likeness (QED) is 0.527. The van der Waals surface area contributed by atoms with Crippen molar-refractivity contribution in [1.29, 1.82) is 0 Å². The minimum atomic E-state index is 0.748. The molecule has 4 aliphatic rings. The summed E-state index contributed by atoms with van der Waals surface area (Å²) in [5.74, 6) is 6.63. The van der Waals surface area contributed by atoms with Gasteiger partial charge < -0.3 is 0 Å². The monoisotopic (exact) mass is 260 g/mol. The Morgan fingerprint density at radius 3 is 2.42 bits per heavy atom. The van der Waals surface area contributed by atoms with E-state index >= 15 is 0 Å². The van der Waals surface area contributed by atoms with E-state index in [1.165, 1.54) is 12.8 Å². The van der Waals surface area contributed by atoms with Crippen LogP contribution in [0.1, 0.15) is 78.1 Å². The lowest BCUT2D eigenvalue weighted by molar-refractivity contribution is -0.0863. The Bertz CT molecular complexity index is 346. The first kappa shape index (κ1) is 12.7. The second-order valence-corrected chi connectivity index (χ2v) is 8.76. The van der Waals surface area contributed by atoms with Gasteiger partial charge in [-0.25, -0.2) is 0 Å². The van der Waals surface area contributed by atoms with Crippen LogP contribution in [0.15, 0.2) is 0 Å². The summed E-state index contributed by atoms with van der Waals surface area (Å²) in [6.07, 6.45) is 15.6. The van der Waals surface area contributed by atoms with Crippen LogP contribution in [0.4, 0.5) is 0 Å². The van der Waals surface area contributed by atoms with Crippen LogP contribution in [-0.2, 0) is 0 Å². The molecular formula is C19H32. The largest absolute Gasteiger partial charge is 0.0622 e. The van der Waals surface area contributed by atoms with Crippen molar-refractivity contribution in [3.63, 3.8) is 0 Å². The van der Waals surface area contributed by atoms with E-state index in [0.29, 0.717) is 0 Å². The topological polar surface area (TPSA) is 0 Å². The summed E-state index contributed by atoms with van der Waals surface area (Å²) < 4.78 is 0. The van der Waals surface area contributed by atoms with Crippen LogP contribution in [-0.4, -0.2) is 0 Å². The van der Waals surface area contributed by atoms with Crippen molar-refractivity contribution in [2.24, 2.45) is 40.9 Å². The van der Waals surface area contributed by atoms with Gasteiger partial charge in [-0.2, -0.15) is 0 Å². The van der Waals surface area contributed by atoms with E-state index < -0.39 is 0 Å². The van der Waals surface area contributed by atoms with Gasteiger partial charge >= 0.3 is 0 Å². The lowest BCUT2D eigenvalue weighted by Crippen LogP contribution is -2.50. The Labute approximate surface area is 119 Å². The molecule has 19 heavy (non-hydrogen) atoms. The first-order valence-corrected chi connectivity index (χ1v) is 9.20. The van der Waals surface area contributed by atoms with Gasteiger partial charge in [0, 0.05) is 0 Å². The van der Waals surface area contributed by atoms with Crippen molar-refractivity contribution in [3.05, 3.63) is 0 Å². The van der Waals surface area contributed by atoms with Gasteiger partial charge in [0.2, 0.25) is 0 Å². The van der Waals surface area contributed by atoms with Crippen LogP contribution in [0.25, 0.3) is 0 Å². The fraction of sp³-hybridized carbons (Fsp3) is 1.00. The summed E-state index contributed by atoms with van der Waals surface area (Å²) in [5, 5.41) is 0. The van der Waals surface area contributed by atoms with Crippen LogP contribution in [0.5, 0.6) is 0 Å². The fourth-order valence-corrected chi connectivity index (χ4v) is 7.24. The summed E-state index contributed by atoms with van der Waals surface area (Å²) >= 11 is 0. The zero-order valence-corrected chi connectivity index (χ0v) is 13.0. The molecule has 0 amide bonds. The van der Waals surface area contributed by atoms with Gasteiger partial charge in [-0.05, 0) is 85.9 Å². The average molecular weight is 260 g/mol. The third-order valence-electron chi connectivity index (χ3n) is 8.26. The molecule has 0 unspecified atom stereocenters. The van der Waals surface area contributed by atoms with E-state index in [4.69, 9.17) is 0 Å². The molecule has 4 fully saturated rings. The highest BCUT2D eigenvalue weighted by molar-refractivity contribution is 5.04. The number of fused-ring (bicyclic) bond motifs is 5. The van der Waals surface area contributed by atoms with Crippen molar-refractivity contribution in [3.8, 4) is 0 Å². The van der Waals surface area contributed by atoms with Crippen molar-refractivity contribution in [2.75, 3.05) is 0 Å². The molecule has 0 radical (unpaired) electrons. The van der Waals surface area contributed by atoms with E-state index in [0.717, 1.165) is 40.9 Å². The van der Waals surface area contributed by atoms with Gasteiger partial charge in [-0.3, -0.25) is 0 Å². The smallest absolute Gasteiger partial charge is 0.0266 e. The molecule has 0 aliphatic heterocycles. The van der Waals surface area contributed by atoms with Gasteiger partial charge in [0.1, 0.15) is 0 Å². The zero-order chi connectivity index (χ0) is 13.0. The molecule has 0 aromatic rings. The third kappa shape index (κ3) is 1.77. The van der Waals surface area contributed by atoms with Crippen LogP contribution < -0.4 is 0 Å². The molecule has 0 heterocycles. The first-order valence-electron chi connectivity index (χ1n) is 9.20. The van der Waals surface area contributed by atoms with Crippen LogP contribution in [0.3, 0.4) is 0 Å². The molecule has 0 saturated heterocycles. The van der Waals surface area contributed by atoms with E-state index in [1.807, 2.05) is 0 Å². The Balaban J connectivity index is 1.61. The summed E-state index contributed by atoms with van der Waals surface area (Å²) in [4.78, 5) is 0. The molecule has 0 heteroatoms. The van der Waals surface area contributed by atoms with Crippen molar-refractivity contribution in [1.82, 2.24) is 0 Å². The molecule has 4 saturated carbocycles. The standard InChI is InChI=1S/C19H32/c1-13-6-8-16-15(13)10-11-18-17(16)9-7-14-5-3-4-12-19(14,18)2/h13-18H,3-12H2,1-2H3/t13-,14+,15+,16-,17+,18+,19+/m1/s1. The van der Waals surface area contributed by atoms with Gasteiger partial charge in [-0.15, -0.1) is 0 Å². The van der Waals surface area contributed by atoms with E-state index in [1.54, 1.807) is 51.4 Å². The van der Waals surface area contributed by atoms with E-state index in [2.05, 4.69) is 13.8 Å². The van der Waals surface area contributed by atoms with Crippen molar-refractivity contribution in [2.45, 2.75) is 78.1 Å². The molecule has 0 N–H and O–H groups in total. The fourth-order valence-electron chi connectivity index (χ4n) is 7.24. The number of hydrogen-bond donors (Lipinski definition) is 0. The molecule has 0 aromatic carbocycles. The molecule has 7 atom stereocenters. The highest BCUT2D eigenvalue weighted by atomic mass is 14.6. The lowest BCUT2D eigenvalue weighted by atomic mass is 9.47. The average Bonchev–Trinajstić information content (AvgIpc) is 2.80. The molecule has 108 valence electrons. The predicted molar refractivity (Wildman–Crippen MR) is 80.9 cm³/mol. The Kier molecular flexibility index (Phi) is 3.01. The Hall–Kier alpha value is 0. The van der Waals surface area contributed by atoms with Crippen LogP contribution in [0.2, 0.25) is 0 Å². The second-order valence-electron chi connectivity index (χ2n) is 8.76. The summed E-state index contributed by atoms with van der Waals surface area (Å²) in [6.45, 7) is 5.24. The minimum absolute atomic E-state index is 0.748. The number of hydrogen-bond acceptors (Lipinski definition) is 0. The molecule has 4 aliphatic carbocycles. The molecule has 0 bridgehead atoms. The zero-order valence-electron chi connectivity index (χ0n) is 13.0. The normalized spacial score (nSPS) is 57.2. The maximum Gasteiger partial charge on any atom is -0.0266 e. The first-order chi connectivity index (χ1) is 9.20. The molecule has 0 nitrogen and oxygen atoms in total. The van der Waals surface area contributed by atoms with E-state index in [9.17, 15) is 0 Å². The van der Waals surface area contributed by atoms with Crippen LogP contribution in [0, 0.1) is 40.9 Å². The van der Waals surface area contributed by atoms with Crippen LogP contribution >= 0.6 is 0 Å². The highest BCUT2D eigenvalue weighted by Gasteiger charge is 2.54. The second kappa shape index (κ2) is 4.50. The number of rotatable bonds is 0. The minimum Gasteiger partial charge on any atom is -0.0622 e. The van der Waals surface area contributed by atoms with Crippen molar-refractivity contribution < 1.29 is 0 Å². The maximum absolute atomic E-state index is 2.70. The maximum atomic E-state index is 2.70. The molecule has 4 rings (SSSR count). The molecular weight excluding hydrogens is 228 g/mol. The van der Waals surface area contributed by atoms with E-state index in [-0.39, 0.29) is 0 Å². The van der Waals surface area contributed by atoms with Crippen molar-refractivity contribution >= 4 is 0 Å². The highest BCUT2D eigenvalue weighted by Crippen LogP contribution is 2.63. The molecule has 0 spiro atoms. The Morgan fingerprint density at radius 2 is 1.53 bits per heavy atom. The molecule has 0 aromatic heterocycles.